The summed E-state index contributed by atoms with van der Waals surface area (Å²) in [5.74, 6) is -0.384. The first-order valence-corrected chi connectivity index (χ1v) is 5.18. The minimum atomic E-state index is -0.533. The van der Waals surface area contributed by atoms with E-state index < -0.39 is 5.95 Å². The molecule has 1 heterocycles. The monoisotopic (exact) mass is 208 g/mol. The summed E-state index contributed by atoms with van der Waals surface area (Å²) < 4.78 is 12.5. The molecule has 0 aliphatic heterocycles. The molecule has 1 N–H and O–H groups in total. The number of pyridine rings is 1. The van der Waals surface area contributed by atoms with Crippen LogP contribution in [0.1, 0.15) is 25.7 Å². The molecule has 1 aromatic heterocycles. The van der Waals surface area contributed by atoms with Crippen LogP contribution in [0.3, 0.4) is 0 Å². The Kier molecular flexibility index (Phi) is 2.94. The SMILES string of the molecule is O=C(Nc1ccc(F)nc1)C1CCCC1. The van der Waals surface area contributed by atoms with Gasteiger partial charge >= 0.3 is 0 Å². The second kappa shape index (κ2) is 4.38. The lowest BCUT2D eigenvalue weighted by molar-refractivity contribution is -0.119. The fourth-order valence-corrected chi connectivity index (χ4v) is 1.88. The van der Waals surface area contributed by atoms with E-state index in [2.05, 4.69) is 10.3 Å². The fourth-order valence-electron chi connectivity index (χ4n) is 1.88. The van der Waals surface area contributed by atoms with Crippen LogP contribution in [0.2, 0.25) is 0 Å². The molecule has 2 rings (SSSR count). The van der Waals surface area contributed by atoms with Crippen LogP contribution in [0.4, 0.5) is 10.1 Å². The standard InChI is InChI=1S/C11H13FN2O/c12-10-6-5-9(7-13-10)14-11(15)8-3-1-2-4-8/h5-8H,1-4H2,(H,14,15). The van der Waals surface area contributed by atoms with Gasteiger partial charge in [-0.2, -0.15) is 4.39 Å². The number of rotatable bonds is 2. The van der Waals surface area contributed by atoms with E-state index in [9.17, 15) is 9.18 Å². The van der Waals surface area contributed by atoms with Gasteiger partial charge < -0.3 is 5.32 Å². The quantitative estimate of drug-likeness (QED) is 0.758. The smallest absolute Gasteiger partial charge is 0.227 e. The molecule has 1 aliphatic carbocycles. The highest BCUT2D eigenvalue weighted by Gasteiger charge is 2.22. The van der Waals surface area contributed by atoms with Crippen molar-refractivity contribution in [1.82, 2.24) is 4.98 Å². The summed E-state index contributed by atoms with van der Waals surface area (Å²) in [6, 6.07) is 2.76. The normalized spacial score (nSPS) is 16.6. The molecular formula is C11H13FN2O. The van der Waals surface area contributed by atoms with Crippen LogP contribution in [-0.4, -0.2) is 10.9 Å². The molecule has 80 valence electrons. The van der Waals surface area contributed by atoms with Crippen LogP contribution >= 0.6 is 0 Å². The lowest BCUT2D eigenvalue weighted by Gasteiger charge is -2.09. The summed E-state index contributed by atoms with van der Waals surface area (Å²) in [5, 5.41) is 2.74. The molecule has 0 aromatic carbocycles. The molecule has 0 spiro atoms. The Morgan fingerprint density at radius 2 is 2.13 bits per heavy atom. The first kappa shape index (κ1) is 10.1. The highest BCUT2D eigenvalue weighted by atomic mass is 19.1. The lowest BCUT2D eigenvalue weighted by Crippen LogP contribution is -2.20. The van der Waals surface area contributed by atoms with Gasteiger partial charge in [0.1, 0.15) is 0 Å². The average Bonchev–Trinajstić information content (AvgIpc) is 2.74. The predicted octanol–water partition coefficient (Wildman–Crippen LogP) is 2.35. The molecule has 1 saturated carbocycles. The van der Waals surface area contributed by atoms with Crippen molar-refractivity contribution in [3.8, 4) is 0 Å². The molecule has 1 aromatic rings. The van der Waals surface area contributed by atoms with Gasteiger partial charge in [-0.05, 0) is 25.0 Å². The number of carbonyl (C=O) groups excluding carboxylic acids is 1. The van der Waals surface area contributed by atoms with Crippen LogP contribution in [0, 0.1) is 11.9 Å². The van der Waals surface area contributed by atoms with Crippen LogP contribution in [0.25, 0.3) is 0 Å². The summed E-state index contributed by atoms with van der Waals surface area (Å²) >= 11 is 0. The zero-order valence-electron chi connectivity index (χ0n) is 8.37. The van der Waals surface area contributed by atoms with Crippen molar-refractivity contribution in [1.29, 1.82) is 0 Å². The second-order valence-electron chi connectivity index (χ2n) is 3.84. The number of anilines is 1. The van der Waals surface area contributed by atoms with Gasteiger partial charge in [0, 0.05) is 5.92 Å². The van der Waals surface area contributed by atoms with E-state index in [4.69, 9.17) is 0 Å². The molecule has 3 nitrogen and oxygen atoms in total. The molecule has 1 aliphatic rings. The topological polar surface area (TPSA) is 42.0 Å². The number of carbonyl (C=O) groups is 1. The minimum absolute atomic E-state index is 0.0286. The van der Waals surface area contributed by atoms with Crippen LogP contribution in [0.5, 0.6) is 0 Å². The summed E-state index contributed by atoms with van der Waals surface area (Å²) in [5.41, 5.74) is 0.563. The van der Waals surface area contributed by atoms with Gasteiger partial charge in [0.15, 0.2) is 0 Å². The first-order chi connectivity index (χ1) is 7.25. The molecule has 1 amide bonds. The molecule has 0 radical (unpaired) electrons. The van der Waals surface area contributed by atoms with Gasteiger partial charge in [0.05, 0.1) is 11.9 Å². The number of halogens is 1. The van der Waals surface area contributed by atoms with Gasteiger partial charge in [-0.25, -0.2) is 4.98 Å². The number of amides is 1. The first-order valence-electron chi connectivity index (χ1n) is 5.18. The third-order valence-electron chi connectivity index (χ3n) is 2.72. The highest BCUT2D eigenvalue weighted by molar-refractivity contribution is 5.92. The molecule has 1 fully saturated rings. The lowest BCUT2D eigenvalue weighted by atomic mass is 10.1. The van der Waals surface area contributed by atoms with E-state index in [0.29, 0.717) is 5.69 Å². The van der Waals surface area contributed by atoms with Crippen molar-refractivity contribution in [2.75, 3.05) is 5.32 Å². The van der Waals surface area contributed by atoms with Crippen LogP contribution < -0.4 is 5.32 Å². The molecule has 15 heavy (non-hydrogen) atoms. The van der Waals surface area contributed by atoms with E-state index in [0.717, 1.165) is 25.7 Å². The summed E-state index contributed by atoms with van der Waals surface area (Å²) in [7, 11) is 0. The Morgan fingerprint density at radius 1 is 1.40 bits per heavy atom. The predicted molar refractivity (Wildman–Crippen MR) is 54.8 cm³/mol. The maximum absolute atomic E-state index is 12.5. The third-order valence-corrected chi connectivity index (χ3v) is 2.72. The summed E-state index contributed by atoms with van der Waals surface area (Å²) in [6.07, 6.45) is 5.50. The van der Waals surface area contributed by atoms with Crippen molar-refractivity contribution in [3.05, 3.63) is 24.3 Å². The van der Waals surface area contributed by atoms with Crippen molar-refractivity contribution in [2.45, 2.75) is 25.7 Å². The molecule has 0 atom stereocenters. The molecule has 0 saturated heterocycles. The second-order valence-corrected chi connectivity index (χ2v) is 3.84. The van der Waals surface area contributed by atoms with E-state index in [1.165, 1.54) is 18.3 Å². The maximum atomic E-state index is 12.5. The third kappa shape index (κ3) is 2.52. The van der Waals surface area contributed by atoms with Gasteiger partial charge in [-0.1, -0.05) is 12.8 Å². The van der Waals surface area contributed by atoms with Gasteiger partial charge in [-0.3, -0.25) is 4.79 Å². The number of nitrogens with one attached hydrogen (secondary N) is 1. The number of aromatic nitrogens is 1. The van der Waals surface area contributed by atoms with Crippen molar-refractivity contribution < 1.29 is 9.18 Å². The van der Waals surface area contributed by atoms with Crippen molar-refractivity contribution >= 4 is 11.6 Å². The summed E-state index contributed by atoms with van der Waals surface area (Å²) in [4.78, 5) is 15.1. The maximum Gasteiger partial charge on any atom is 0.227 e. The zero-order valence-corrected chi connectivity index (χ0v) is 8.37. The van der Waals surface area contributed by atoms with E-state index in [-0.39, 0.29) is 11.8 Å². The Morgan fingerprint density at radius 3 is 2.73 bits per heavy atom. The van der Waals surface area contributed by atoms with Crippen molar-refractivity contribution in [3.63, 3.8) is 0 Å². The largest absolute Gasteiger partial charge is 0.324 e. The van der Waals surface area contributed by atoms with Crippen LogP contribution in [0.15, 0.2) is 18.3 Å². The van der Waals surface area contributed by atoms with Gasteiger partial charge in [-0.15, -0.1) is 0 Å². The molecule has 0 unspecified atom stereocenters. The average molecular weight is 208 g/mol. The minimum Gasteiger partial charge on any atom is -0.324 e. The molecule has 4 heteroatoms. The van der Waals surface area contributed by atoms with Gasteiger partial charge in [0.25, 0.3) is 0 Å². The Hall–Kier alpha value is -1.45. The zero-order chi connectivity index (χ0) is 10.7. The number of hydrogen-bond acceptors (Lipinski definition) is 2. The van der Waals surface area contributed by atoms with E-state index in [1.807, 2.05) is 0 Å². The summed E-state index contributed by atoms with van der Waals surface area (Å²) in [6.45, 7) is 0. The Balaban J connectivity index is 1.96. The van der Waals surface area contributed by atoms with E-state index in [1.54, 1.807) is 0 Å². The Bertz CT molecular complexity index is 344. The molecular weight excluding hydrogens is 195 g/mol. The van der Waals surface area contributed by atoms with E-state index >= 15 is 0 Å². The Labute approximate surface area is 87.7 Å². The number of hydrogen-bond donors (Lipinski definition) is 1. The fraction of sp³-hybridized carbons (Fsp3) is 0.455. The van der Waals surface area contributed by atoms with Crippen molar-refractivity contribution in [2.24, 2.45) is 5.92 Å². The van der Waals surface area contributed by atoms with Crippen LogP contribution in [-0.2, 0) is 4.79 Å². The number of nitrogens with zero attached hydrogens (tertiary/aromatic N) is 1. The van der Waals surface area contributed by atoms with Gasteiger partial charge in [0.2, 0.25) is 11.9 Å². The highest BCUT2D eigenvalue weighted by Crippen LogP contribution is 2.25. The molecule has 0 bridgehead atoms.